The van der Waals surface area contributed by atoms with E-state index in [0.717, 1.165) is 114 Å². The molecule has 3 aliphatic heterocycles. The number of benzene rings is 2. The maximum atomic E-state index is 13.1. The molecule has 0 spiro atoms. The van der Waals surface area contributed by atoms with Crippen molar-refractivity contribution in [3.8, 4) is 33.8 Å². The van der Waals surface area contributed by atoms with Gasteiger partial charge in [0.15, 0.2) is 0 Å². The number of aromatic nitrogens is 10. The van der Waals surface area contributed by atoms with Crippen LogP contribution in [0, 0.1) is 0 Å². The van der Waals surface area contributed by atoms with Crippen molar-refractivity contribution in [3.63, 3.8) is 0 Å². The SMILES string of the molecule is C.Cn1cc(-c2cc3cccc(-c4nc(C5CC5)n5c4CN(CCF)C(=O)C5)c3cn2)cn1.Cn1cc(-c2cc3cccc(B4OC(C)(C)C(C)(C)O4)c3cn2)cn1.O=C1Cn2c(C3CC3)nc(Br)c2CN1CCF.O=CO[O-].[H-].[K+].[K+]. The minimum atomic E-state index is -0.542. The van der Waals surface area contributed by atoms with Crippen LogP contribution >= 0.6 is 15.9 Å². The van der Waals surface area contributed by atoms with Gasteiger partial charge in [-0.25, -0.2) is 18.7 Å². The van der Waals surface area contributed by atoms with Crippen molar-refractivity contribution < 1.29 is 147 Å². The van der Waals surface area contributed by atoms with Crippen LogP contribution in [-0.2, 0) is 68.9 Å². The number of hydrogen-bond acceptors (Lipinski definition) is 13. The van der Waals surface area contributed by atoms with Crippen LogP contribution in [0.1, 0.15) is 97.1 Å². The summed E-state index contributed by atoms with van der Waals surface area (Å²) in [6.07, 6.45) is 15.9. The maximum Gasteiger partial charge on any atom is 1.00 e. The molecular formula is C56H64BBrF2K2N12O7. The van der Waals surface area contributed by atoms with Gasteiger partial charge in [0.05, 0.1) is 65.2 Å². The minimum absolute atomic E-state index is 0. The number of nitrogens with zero attached hydrogens (tertiary/aromatic N) is 12. The Bertz CT molecular complexity index is 3540. The summed E-state index contributed by atoms with van der Waals surface area (Å²) >= 11 is 3.43. The second-order valence-corrected chi connectivity index (χ2v) is 21.8. The van der Waals surface area contributed by atoms with E-state index in [4.69, 9.17) is 29.3 Å². The first-order valence-electron chi connectivity index (χ1n) is 25.9. The molecule has 5 aliphatic rings. The second kappa shape index (κ2) is 27.4. The Hall–Kier alpha value is -3.93. The van der Waals surface area contributed by atoms with Crippen LogP contribution in [0.25, 0.3) is 55.3 Å². The number of fused-ring (bicyclic) bond motifs is 4. The summed E-state index contributed by atoms with van der Waals surface area (Å²) in [6.45, 7) is 8.73. The van der Waals surface area contributed by atoms with Gasteiger partial charge in [-0.05, 0) is 103 Å². The van der Waals surface area contributed by atoms with Gasteiger partial charge >= 0.3 is 110 Å². The molecule has 0 bridgehead atoms. The standard InChI is InChI=1S/C24H23FN6O.C19H22BN3O2.C11H13BrFN3O.CH2O3.CH4.2K.H/c1-29-12-17(10-27-29)20-9-16-3-2-4-18(19(16)11-26-20)23-21-13-30(8-7-25)22(32)14-31(21)24(28-23)15-5-6-15;1-18(2)19(3,4)25-20(24-18)16-8-6-7-13-9-17(21-11-15(13)16)14-10-22-23(5)12-14;12-10-8-5-15(4-3-13)9(17)6-16(8)11(14-10)7-1-2-7;2-1-4-3;;;;/h2-4,9-12,15H,5-8,13-14H2,1H3;6-12H,1-5H3;7H,1-6H2;1,3H;1H4;;;/q;;;;;2*+1;-1/p-1. The van der Waals surface area contributed by atoms with E-state index in [2.05, 4.69) is 110 Å². The Morgan fingerprint density at radius 3 is 1.68 bits per heavy atom. The molecule has 2 amide bonds. The van der Waals surface area contributed by atoms with Crippen LogP contribution in [0.2, 0.25) is 0 Å². The van der Waals surface area contributed by atoms with E-state index in [1.54, 1.807) is 19.2 Å². The van der Waals surface area contributed by atoms with E-state index >= 15 is 0 Å². The van der Waals surface area contributed by atoms with Crippen molar-refractivity contribution in [1.29, 1.82) is 0 Å². The monoisotopic (exact) mass is 1220 g/mol. The zero-order valence-electron chi connectivity index (χ0n) is 47.2. The molecule has 2 aromatic carbocycles. The molecule has 81 heavy (non-hydrogen) atoms. The predicted molar refractivity (Wildman–Crippen MR) is 296 cm³/mol. The Kier molecular flexibility index (Phi) is 21.9. The van der Waals surface area contributed by atoms with Gasteiger partial charge in [0.1, 0.15) is 42.7 Å². The van der Waals surface area contributed by atoms with E-state index < -0.39 is 13.3 Å². The molecule has 9 heterocycles. The Morgan fingerprint density at radius 2 is 1.20 bits per heavy atom. The Morgan fingerprint density at radius 1 is 0.728 bits per heavy atom. The largest absolute Gasteiger partial charge is 1.00 e. The zero-order valence-corrected chi connectivity index (χ0v) is 54.1. The molecule has 0 unspecified atom stereocenters. The first kappa shape index (κ1) is 64.6. The number of carbonyl (C=O) groups is 3. The third kappa shape index (κ3) is 14.1. The van der Waals surface area contributed by atoms with Crippen molar-refractivity contribution in [2.24, 2.45) is 14.1 Å². The van der Waals surface area contributed by atoms with E-state index in [9.17, 15) is 18.4 Å². The number of amides is 2. The van der Waals surface area contributed by atoms with Crippen LogP contribution in [0.15, 0.2) is 90.3 Å². The molecule has 1 saturated heterocycles. The van der Waals surface area contributed by atoms with E-state index in [1.165, 1.54) is 0 Å². The molecule has 8 aromatic rings. The van der Waals surface area contributed by atoms with Gasteiger partial charge in [0.2, 0.25) is 11.8 Å². The number of aryl methyl sites for hydroxylation is 2. The third-order valence-electron chi connectivity index (χ3n) is 15.1. The summed E-state index contributed by atoms with van der Waals surface area (Å²) in [5.41, 5.74) is 7.92. The molecule has 416 valence electrons. The smallest absolute Gasteiger partial charge is 1.00 e. The van der Waals surface area contributed by atoms with Gasteiger partial charge in [0, 0.05) is 85.9 Å². The molecular weight excluding hydrogens is 1160 g/mol. The van der Waals surface area contributed by atoms with E-state index in [0.29, 0.717) is 31.5 Å². The number of pyridine rings is 2. The molecule has 13 rings (SSSR count). The van der Waals surface area contributed by atoms with E-state index in [-0.39, 0.29) is 168 Å². The summed E-state index contributed by atoms with van der Waals surface area (Å²) in [4.78, 5) is 57.7. The van der Waals surface area contributed by atoms with Crippen LogP contribution in [-0.4, -0.2) is 121 Å². The van der Waals surface area contributed by atoms with Gasteiger partial charge in [0.25, 0.3) is 6.47 Å². The van der Waals surface area contributed by atoms with Crippen molar-refractivity contribution in [3.05, 3.63) is 113 Å². The van der Waals surface area contributed by atoms with Crippen LogP contribution < -0.4 is 113 Å². The molecule has 2 aliphatic carbocycles. The molecule has 19 nitrogen and oxygen atoms in total. The maximum absolute atomic E-state index is 13.1. The van der Waals surface area contributed by atoms with Crippen molar-refractivity contribution >= 4 is 68.3 Å². The first-order chi connectivity index (χ1) is 37.5. The summed E-state index contributed by atoms with van der Waals surface area (Å²) in [5.74, 6) is 2.87. The average Bonchev–Trinajstić information content (AvgIpc) is 4.49. The van der Waals surface area contributed by atoms with Crippen molar-refractivity contribution in [2.45, 2.75) is 110 Å². The summed E-state index contributed by atoms with van der Waals surface area (Å²) < 4.78 is 46.2. The Balaban J connectivity index is 0.000000194. The van der Waals surface area contributed by atoms with Crippen LogP contribution in [0.4, 0.5) is 8.78 Å². The van der Waals surface area contributed by atoms with Crippen molar-refractivity contribution in [2.75, 3.05) is 26.4 Å². The van der Waals surface area contributed by atoms with Gasteiger partial charge < -0.3 is 39.8 Å². The van der Waals surface area contributed by atoms with Crippen LogP contribution in [0.3, 0.4) is 0 Å². The fourth-order valence-electron chi connectivity index (χ4n) is 9.96. The summed E-state index contributed by atoms with van der Waals surface area (Å²) in [5, 5.41) is 21.1. The molecule has 0 N–H and O–H groups in total. The number of halogens is 3. The molecule has 6 aromatic heterocycles. The van der Waals surface area contributed by atoms with Gasteiger partial charge in [-0.15, -0.1) is 0 Å². The number of carbonyl (C=O) groups excluding carboxylic acids is 3. The number of imidazole rings is 2. The molecule has 0 radical (unpaired) electrons. The Labute approximate surface area is 564 Å². The predicted octanol–water partition coefficient (Wildman–Crippen LogP) is 1.65. The summed E-state index contributed by atoms with van der Waals surface area (Å²) in [6, 6.07) is 16.5. The van der Waals surface area contributed by atoms with Gasteiger partial charge in [-0.3, -0.25) is 33.7 Å². The van der Waals surface area contributed by atoms with Gasteiger partial charge in [-0.1, -0.05) is 43.8 Å². The number of rotatable bonds is 11. The molecule has 25 heteroatoms. The molecule has 0 atom stereocenters. The quantitative estimate of drug-likeness (QED) is 0.0784. The fourth-order valence-corrected chi connectivity index (χ4v) is 10.5. The normalized spacial score (nSPS) is 16.5. The van der Waals surface area contributed by atoms with E-state index in [1.807, 2.05) is 68.0 Å². The number of alkyl halides is 2. The zero-order chi connectivity index (χ0) is 55.0. The molecule has 2 saturated carbocycles. The van der Waals surface area contributed by atoms with Gasteiger partial charge in [-0.2, -0.15) is 10.2 Å². The van der Waals surface area contributed by atoms with Crippen LogP contribution in [0.5, 0.6) is 0 Å². The third-order valence-corrected chi connectivity index (χ3v) is 15.7. The average molecular weight is 1220 g/mol. The fraction of sp³-hybridized carbons (Fsp3) is 0.411. The minimum Gasteiger partial charge on any atom is -1.00 e. The first-order valence-corrected chi connectivity index (χ1v) is 26.7. The van der Waals surface area contributed by atoms with Crippen molar-refractivity contribution in [1.82, 2.24) is 58.4 Å². The number of hydrogen-bond donors (Lipinski definition) is 0. The topological polar surface area (TPSA) is 206 Å². The molecule has 3 fully saturated rings. The summed E-state index contributed by atoms with van der Waals surface area (Å²) in [7, 11) is 3.40. The second-order valence-electron chi connectivity index (χ2n) is 21.0.